The summed E-state index contributed by atoms with van der Waals surface area (Å²) in [4.78, 5) is 27.4. The van der Waals surface area contributed by atoms with Crippen LogP contribution in [0.15, 0.2) is 48.5 Å². The Morgan fingerprint density at radius 2 is 1.90 bits per heavy atom. The first-order valence-corrected chi connectivity index (χ1v) is 9.84. The first-order chi connectivity index (χ1) is 13.6. The zero-order valence-electron chi connectivity index (χ0n) is 16.9. The maximum Gasteiger partial charge on any atom is 0.323 e. The van der Waals surface area contributed by atoms with Gasteiger partial charge in [-0.1, -0.05) is 31.2 Å². The maximum atomic E-state index is 13.1. The molecule has 1 atom stereocenters. The Bertz CT molecular complexity index is 823. The number of aryl methyl sites for hydroxylation is 1. The standard InChI is InChI=1S/C22H28N4O2.ClH/c1-3-13-26(19-11-12-23-15-19)21(27)17-10-9-16(2)20(14-17)25-22(28)24-18-7-5-4-6-8-18;/h4-10,14,19,23H,3,11-13,15H2,1-2H3,(H2,24,25,28);1H. The predicted octanol–water partition coefficient (Wildman–Crippen LogP) is 4.27. The number of hydrogen-bond donors (Lipinski definition) is 3. The highest BCUT2D eigenvalue weighted by molar-refractivity contribution is 6.02. The molecule has 2 aromatic carbocycles. The first-order valence-electron chi connectivity index (χ1n) is 9.84. The quantitative estimate of drug-likeness (QED) is 0.658. The fourth-order valence-corrected chi connectivity index (χ4v) is 3.46. The van der Waals surface area contributed by atoms with Crippen LogP contribution >= 0.6 is 12.4 Å². The van der Waals surface area contributed by atoms with Gasteiger partial charge >= 0.3 is 6.03 Å². The molecule has 7 heteroatoms. The van der Waals surface area contributed by atoms with E-state index in [1.807, 2.05) is 54.3 Å². The molecule has 0 radical (unpaired) electrons. The van der Waals surface area contributed by atoms with Crippen LogP contribution in [-0.2, 0) is 0 Å². The summed E-state index contributed by atoms with van der Waals surface area (Å²) in [6, 6.07) is 14.6. The molecule has 3 N–H and O–H groups in total. The Hall–Kier alpha value is -2.57. The lowest BCUT2D eigenvalue weighted by atomic mass is 10.1. The molecule has 1 fully saturated rings. The van der Waals surface area contributed by atoms with E-state index in [1.54, 1.807) is 6.07 Å². The number of hydrogen-bond acceptors (Lipinski definition) is 3. The van der Waals surface area contributed by atoms with Crippen LogP contribution in [0.5, 0.6) is 0 Å². The zero-order chi connectivity index (χ0) is 19.9. The first kappa shape index (κ1) is 22.7. The summed E-state index contributed by atoms with van der Waals surface area (Å²) < 4.78 is 0. The SMILES string of the molecule is CCCN(C(=O)c1ccc(C)c(NC(=O)Nc2ccccc2)c1)C1CCNC1.Cl. The molecule has 3 amide bonds. The summed E-state index contributed by atoms with van der Waals surface area (Å²) in [5.74, 6) is 0.0158. The van der Waals surface area contributed by atoms with Crippen molar-refractivity contribution in [3.05, 3.63) is 59.7 Å². The summed E-state index contributed by atoms with van der Waals surface area (Å²) in [6.07, 6.45) is 1.89. The number of carbonyl (C=O) groups excluding carboxylic acids is 2. The molecule has 1 saturated heterocycles. The largest absolute Gasteiger partial charge is 0.334 e. The topological polar surface area (TPSA) is 73.5 Å². The van der Waals surface area contributed by atoms with Gasteiger partial charge in [0.15, 0.2) is 0 Å². The third-order valence-electron chi connectivity index (χ3n) is 4.96. The van der Waals surface area contributed by atoms with Gasteiger partial charge in [0.05, 0.1) is 0 Å². The third kappa shape index (κ3) is 5.95. The number of amides is 3. The molecular formula is C22H29ClN4O2. The lowest BCUT2D eigenvalue weighted by Gasteiger charge is -2.28. The third-order valence-corrected chi connectivity index (χ3v) is 4.96. The van der Waals surface area contributed by atoms with Crippen molar-refractivity contribution in [2.24, 2.45) is 0 Å². The van der Waals surface area contributed by atoms with Gasteiger partial charge in [0.2, 0.25) is 0 Å². The van der Waals surface area contributed by atoms with Gasteiger partial charge < -0.3 is 20.9 Å². The van der Waals surface area contributed by atoms with Gasteiger partial charge in [-0.15, -0.1) is 12.4 Å². The minimum Gasteiger partial charge on any atom is -0.334 e. The molecule has 1 unspecified atom stereocenters. The molecule has 1 heterocycles. The van der Waals surface area contributed by atoms with E-state index in [0.717, 1.165) is 38.0 Å². The second-order valence-corrected chi connectivity index (χ2v) is 7.12. The molecular weight excluding hydrogens is 388 g/mol. The molecule has 1 aliphatic heterocycles. The van der Waals surface area contributed by atoms with Crippen LogP contribution in [-0.4, -0.2) is 42.5 Å². The monoisotopic (exact) mass is 416 g/mol. The number of halogens is 1. The van der Waals surface area contributed by atoms with Gasteiger partial charge in [0.1, 0.15) is 0 Å². The molecule has 0 spiro atoms. The van der Waals surface area contributed by atoms with Crippen molar-refractivity contribution in [1.29, 1.82) is 0 Å². The van der Waals surface area contributed by atoms with Gasteiger partial charge in [0.25, 0.3) is 5.91 Å². The number of rotatable bonds is 6. The van der Waals surface area contributed by atoms with Crippen LogP contribution in [0.2, 0.25) is 0 Å². The van der Waals surface area contributed by atoms with Crippen molar-refractivity contribution in [3.8, 4) is 0 Å². The molecule has 6 nitrogen and oxygen atoms in total. The van der Waals surface area contributed by atoms with Gasteiger partial charge in [0, 0.05) is 36.1 Å². The maximum absolute atomic E-state index is 13.1. The number of benzene rings is 2. The summed E-state index contributed by atoms with van der Waals surface area (Å²) >= 11 is 0. The zero-order valence-corrected chi connectivity index (χ0v) is 17.7. The second-order valence-electron chi connectivity index (χ2n) is 7.12. The predicted molar refractivity (Wildman–Crippen MR) is 120 cm³/mol. The molecule has 1 aliphatic rings. The number of carbonyl (C=O) groups is 2. The summed E-state index contributed by atoms with van der Waals surface area (Å²) in [6.45, 7) is 6.51. The van der Waals surface area contributed by atoms with Crippen LogP contribution in [0.3, 0.4) is 0 Å². The Kier molecular flexibility index (Phi) is 8.49. The minimum absolute atomic E-state index is 0. The fourth-order valence-electron chi connectivity index (χ4n) is 3.46. The van der Waals surface area contributed by atoms with Gasteiger partial charge in [-0.2, -0.15) is 0 Å². The van der Waals surface area contributed by atoms with E-state index in [0.29, 0.717) is 16.9 Å². The van der Waals surface area contributed by atoms with Crippen molar-refractivity contribution in [2.75, 3.05) is 30.3 Å². The van der Waals surface area contributed by atoms with Crippen molar-refractivity contribution in [1.82, 2.24) is 10.2 Å². The molecule has 0 saturated carbocycles. The smallest absolute Gasteiger partial charge is 0.323 e. The molecule has 156 valence electrons. The number of nitrogens with zero attached hydrogens (tertiary/aromatic N) is 1. The van der Waals surface area contributed by atoms with E-state index in [4.69, 9.17) is 0 Å². The average Bonchev–Trinajstić information content (AvgIpc) is 3.22. The van der Waals surface area contributed by atoms with Crippen LogP contribution < -0.4 is 16.0 Å². The molecule has 0 aliphatic carbocycles. The van der Waals surface area contributed by atoms with Crippen molar-refractivity contribution in [3.63, 3.8) is 0 Å². The summed E-state index contributed by atoms with van der Waals surface area (Å²) in [7, 11) is 0. The van der Waals surface area contributed by atoms with Gasteiger partial charge in [-0.3, -0.25) is 4.79 Å². The van der Waals surface area contributed by atoms with E-state index in [1.165, 1.54) is 0 Å². The Morgan fingerprint density at radius 3 is 2.55 bits per heavy atom. The lowest BCUT2D eigenvalue weighted by molar-refractivity contribution is 0.0692. The number of urea groups is 1. The Labute approximate surface area is 178 Å². The molecule has 3 rings (SSSR count). The number of para-hydroxylation sites is 1. The molecule has 0 aromatic heterocycles. The Balaban J connectivity index is 0.00000300. The number of nitrogens with one attached hydrogen (secondary N) is 3. The summed E-state index contributed by atoms with van der Waals surface area (Å²) in [5.41, 5.74) is 2.86. The Morgan fingerprint density at radius 1 is 1.14 bits per heavy atom. The van der Waals surface area contributed by atoms with Crippen molar-refractivity contribution < 1.29 is 9.59 Å². The fraction of sp³-hybridized carbons (Fsp3) is 0.364. The van der Waals surface area contributed by atoms with Gasteiger partial charge in [-0.25, -0.2) is 4.79 Å². The van der Waals surface area contributed by atoms with Crippen LogP contribution in [0, 0.1) is 6.92 Å². The van der Waals surface area contributed by atoms with Crippen LogP contribution in [0.4, 0.5) is 16.2 Å². The van der Waals surface area contributed by atoms with E-state index < -0.39 is 0 Å². The van der Waals surface area contributed by atoms with Gasteiger partial charge in [-0.05, 0) is 56.1 Å². The number of anilines is 2. The highest BCUT2D eigenvalue weighted by Gasteiger charge is 2.27. The summed E-state index contributed by atoms with van der Waals surface area (Å²) in [5, 5.41) is 8.99. The van der Waals surface area contributed by atoms with E-state index in [-0.39, 0.29) is 30.4 Å². The van der Waals surface area contributed by atoms with E-state index in [2.05, 4.69) is 22.9 Å². The molecule has 29 heavy (non-hydrogen) atoms. The van der Waals surface area contributed by atoms with E-state index in [9.17, 15) is 9.59 Å². The lowest BCUT2D eigenvalue weighted by Crippen LogP contribution is -2.42. The highest BCUT2D eigenvalue weighted by atomic mass is 35.5. The van der Waals surface area contributed by atoms with Crippen LogP contribution in [0.1, 0.15) is 35.7 Å². The van der Waals surface area contributed by atoms with Crippen LogP contribution in [0.25, 0.3) is 0 Å². The van der Waals surface area contributed by atoms with Crippen molar-refractivity contribution in [2.45, 2.75) is 32.7 Å². The minimum atomic E-state index is -0.329. The van der Waals surface area contributed by atoms with E-state index >= 15 is 0 Å². The highest BCUT2D eigenvalue weighted by Crippen LogP contribution is 2.21. The molecule has 2 aromatic rings. The average molecular weight is 417 g/mol. The second kappa shape index (κ2) is 10.8. The molecule has 0 bridgehead atoms. The normalized spacial score (nSPS) is 15.3. The van der Waals surface area contributed by atoms with Crippen molar-refractivity contribution >= 4 is 35.7 Å².